The number of benzene rings is 1. The number of thioether (sulfide) groups is 1. The van der Waals surface area contributed by atoms with E-state index in [9.17, 15) is 13.2 Å². The molecular weight excluding hydrogens is 322 g/mol. The number of nitrogens with two attached hydrogens (primary N) is 1. The fourth-order valence-corrected chi connectivity index (χ4v) is 3.87. The molecule has 1 heterocycles. The average Bonchev–Trinajstić information content (AvgIpc) is 2.43. The van der Waals surface area contributed by atoms with Gasteiger partial charge in [0.1, 0.15) is 0 Å². The molecule has 0 spiro atoms. The summed E-state index contributed by atoms with van der Waals surface area (Å²) in [6, 6.07) is 3.08. The molecule has 1 saturated heterocycles. The monoisotopic (exact) mass is 343 g/mol. The van der Waals surface area contributed by atoms with Gasteiger partial charge in [0.25, 0.3) is 0 Å². The maximum absolute atomic E-state index is 12.2. The van der Waals surface area contributed by atoms with Gasteiger partial charge in [0.2, 0.25) is 15.9 Å². The normalized spacial score (nSPS) is 19.0. The Hall–Kier alpha value is -1.09. The Morgan fingerprint density at radius 2 is 2.18 bits per heavy atom. The zero-order chi connectivity index (χ0) is 16.3. The van der Waals surface area contributed by atoms with Crippen molar-refractivity contribution in [2.45, 2.75) is 31.2 Å². The Morgan fingerprint density at radius 1 is 1.45 bits per heavy atom. The summed E-state index contributed by atoms with van der Waals surface area (Å²) in [5.74, 6) is 1.84. The lowest BCUT2D eigenvalue weighted by Gasteiger charge is -2.22. The van der Waals surface area contributed by atoms with Crippen molar-refractivity contribution in [3.8, 4) is 0 Å². The van der Waals surface area contributed by atoms with Gasteiger partial charge in [-0.05, 0) is 37.1 Å². The lowest BCUT2D eigenvalue weighted by molar-refractivity contribution is -0.116. The van der Waals surface area contributed by atoms with Gasteiger partial charge in [-0.2, -0.15) is 11.8 Å². The molecule has 0 radical (unpaired) electrons. The van der Waals surface area contributed by atoms with E-state index in [1.165, 1.54) is 12.1 Å². The van der Waals surface area contributed by atoms with Crippen molar-refractivity contribution >= 4 is 33.4 Å². The van der Waals surface area contributed by atoms with Crippen LogP contribution in [0.25, 0.3) is 0 Å². The number of primary sulfonamides is 1. The van der Waals surface area contributed by atoms with Crippen molar-refractivity contribution in [3.05, 3.63) is 23.3 Å². The van der Waals surface area contributed by atoms with Gasteiger partial charge in [-0.3, -0.25) is 4.79 Å². The number of hydrogen-bond acceptors (Lipinski definition) is 5. The fraction of sp³-hybridized carbons (Fsp3) is 0.500. The Morgan fingerprint density at radius 3 is 2.77 bits per heavy atom. The summed E-state index contributed by atoms with van der Waals surface area (Å²) in [6.07, 6.45) is 0.366. The number of carbonyl (C=O) groups excluding carboxylic acids is 1. The molecule has 8 heteroatoms. The van der Waals surface area contributed by atoms with Gasteiger partial charge < -0.3 is 10.6 Å². The van der Waals surface area contributed by atoms with Crippen LogP contribution >= 0.6 is 11.8 Å². The van der Waals surface area contributed by atoms with Crippen LogP contribution < -0.4 is 15.8 Å². The van der Waals surface area contributed by atoms with Crippen LogP contribution in [0.1, 0.15) is 17.5 Å². The van der Waals surface area contributed by atoms with E-state index in [1.54, 1.807) is 6.92 Å². The standard InChI is InChI=1S/C14H21N3O3S2/c1-9-5-12(22(15,19)20)7-13(10(9)2)17-14(18)6-11-8-21-4-3-16-11/h5,7,11,16H,3-4,6,8H2,1-2H3,(H,17,18)(H2,15,19,20). The van der Waals surface area contributed by atoms with Gasteiger partial charge in [0.05, 0.1) is 4.90 Å². The molecule has 1 amide bonds. The molecule has 0 saturated carbocycles. The molecule has 1 atom stereocenters. The van der Waals surface area contributed by atoms with Crippen molar-refractivity contribution in [1.82, 2.24) is 5.32 Å². The van der Waals surface area contributed by atoms with Gasteiger partial charge in [-0.25, -0.2) is 13.6 Å². The van der Waals surface area contributed by atoms with Crippen molar-refractivity contribution in [3.63, 3.8) is 0 Å². The minimum atomic E-state index is -3.79. The maximum Gasteiger partial charge on any atom is 0.238 e. The second kappa shape index (κ2) is 6.99. The van der Waals surface area contributed by atoms with Crippen LogP contribution in [0.5, 0.6) is 0 Å². The third-order valence-corrected chi connectivity index (χ3v) is 5.70. The molecule has 1 fully saturated rings. The lowest BCUT2D eigenvalue weighted by Crippen LogP contribution is -2.40. The van der Waals surface area contributed by atoms with E-state index >= 15 is 0 Å². The summed E-state index contributed by atoms with van der Waals surface area (Å²) < 4.78 is 23.0. The highest BCUT2D eigenvalue weighted by atomic mass is 32.2. The predicted molar refractivity (Wildman–Crippen MR) is 89.7 cm³/mol. The van der Waals surface area contributed by atoms with E-state index in [0.717, 1.165) is 29.2 Å². The van der Waals surface area contributed by atoms with Gasteiger partial charge in [-0.1, -0.05) is 0 Å². The summed E-state index contributed by atoms with van der Waals surface area (Å²) in [4.78, 5) is 12.2. The summed E-state index contributed by atoms with van der Waals surface area (Å²) in [7, 11) is -3.79. The van der Waals surface area contributed by atoms with Crippen LogP contribution in [0.15, 0.2) is 17.0 Å². The average molecular weight is 343 g/mol. The number of carbonyl (C=O) groups is 1. The third-order valence-electron chi connectivity index (χ3n) is 3.67. The van der Waals surface area contributed by atoms with Gasteiger partial charge >= 0.3 is 0 Å². The van der Waals surface area contributed by atoms with E-state index in [0.29, 0.717) is 12.1 Å². The number of hydrogen-bond donors (Lipinski definition) is 3. The molecule has 4 N–H and O–H groups in total. The van der Waals surface area contributed by atoms with Crippen LogP contribution in [0, 0.1) is 13.8 Å². The molecule has 1 aliphatic rings. The number of sulfonamides is 1. The van der Waals surface area contributed by atoms with Crippen LogP contribution in [0.2, 0.25) is 0 Å². The first-order chi connectivity index (χ1) is 10.3. The molecule has 6 nitrogen and oxygen atoms in total. The molecular formula is C14H21N3O3S2. The highest BCUT2D eigenvalue weighted by Gasteiger charge is 2.18. The topological polar surface area (TPSA) is 101 Å². The summed E-state index contributed by atoms with van der Waals surface area (Å²) in [6.45, 7) is 4.53. The second-order valence-electron chi connectivity index (χ2n) is 5.44. The minimum absolute atomic E-state index is 0.0113. The summed E-state index contributed by atoms with van der Waals surface area (Å²) >= 11 is 1.82. The number of rotatable bonds is 4. The Labute approximate surface area is 135 Å². The molecule has 1 aliphatic heterocycles. The van der Waals surface area contributed by atoms with Crippen LogP contribution in [0.4, 0.5) is 5.69 Å². The first kappa shape index (κ1) is 17.3. The van der Waals surface area contributed by atoms with Crippen molar-refractivity contribution in [2.75, 3.05) is 23.4 Å². The molecule has 1 unspecified atom stereocenters. The Kier molecular flexibility index (Phi) is 5.49. The molecule has 22 heavy (non-hydrogen) atoms. The zero-order valence-corrected chi connectivity index (χ0v) is 14.3. The van der Waals surface area contributed by atoms with Crippen molar-refractivity contribution in [1.29, 1.82) is 0 Å². The number of anilines is 1. The van der Waals surface area contributed by atoms with E-state index in [1.807, 2.05) is 18.7 Å². The van der Waals surface area contributed by atoms with Gasteiger partial charge in [0, 0.05) is 36.2 Å². The van der Waals surface area contributed by atoms with Gasteiger partial charge in [0.15, 0.2) is 0 Å². The molecule has 0 aromatic heterocycles. The molecule has 122 valence electrons. The van der Waals surface area contributed by atoms with E-state index in [4.69, 9.17) is 5.14 Å². The van der Waals surface area contributed by atoms with E-state index < -0.39 is 10.0 Å². The third kappa shape index (κ3) is 4.45. The smallest absolute Gasteiger partial charge is 0.238 e. The number of aryl methyl sites for hydroxylation is 1. The lowest BCUT2D eigenvalue weighted by atomic mass is 10.1. The fourth-order valence-electron chi connectivity index (χ4n) is 2.30. The van der Waals surface area contributed by atoms with Crippen LogP contribution in [-0.4, -0.2) is 38.4 Å². The van der Waals surface area contributed by atoms with E-state index in [-0.39, 0.29) is 16.8 Å². The SMILES string of the molecule is Cc1cc(S(N)(=O)=O)cc(NC(=O)CC2CSCCN2)c1C. The predicted octanol–water partition coefficient (Wildman–Crippen LogP) is 0.984. The molecule has 2 rings (SSSR count). The van der Waals surface area contributed by atoms with Crippen molar-refractivity contribution < 1.29 is 13.2 Å². The largest absolute Gasteiger partial charge is 0.326 e. The highest BCUT2D eigenvalue weighted by molar-refractivity contribution is 7.99. The van der Waals surface area contributed by atoms with Crippen LogP contribution in [0.3, 0.4) is 0 Å². The molecule has 1 aromatic rings. The minimum Gasteiger partial charge on any atom is -0.326 e. The first-order valence-corrected chi connectivity index (χ1v) is 9.72. The number of nitrogens with one attached hydrogen (secondary N) is 2. The van der Waals surface area contributed by atoms with E-state index in [2.05, 4.69) is 10.6 Å². The quantitative estimate of drug-likeness (QED) is 0.757. The van der Waals surface area contributed by atoms with Gasteiger partial charge in [-0.15, -0.1) is 0 Å². The number of amides is 1. The molecule has 1 aromatic carbocycles. The van der Waals surface area contributed by atoms with Crippen LogP contribution in [-0.2, 0) is 14.8 Å². The van der Waals surface area contributed by atoms with Crippen molar-refractivity contribution in [2.24, 2.45) is 5.14 Å². The second-order valence-corrected chi connectivity index (χ2v) is 8.15. The Balaban J connectivity index is 2.14. The Bertz CT molecular complexity index is 668. The highest BCUT2D eigenvalue weighted by Crippen LogP contribution is 2.24. The summed E-state index contributed by atoms with van der Waals surface area (Å²) in [5.41, 5.74) is 2.11. The molecule has 0 aliphatic carbocycles. The first-order valence-electron chi connectivity index (χ1n) is 7.02. The zero-order valence-electron chi connectivity index (χ0n) is 12.7. The molecule has 0 bridgehead atoms. The maximum atomic E-state index is 12.2. The summed E-state index contributed by atoms with van der Waals surface area (Å²) in [5, 5.41) is 11.3.